The lowest BCUT2D eigenvalue weighted by Crippen LogP contribution is -2.40. The number of nitrogen functional groups attached to an aromatic ring is 1. The average Bonchev–Trinajstić information content (AvgIpc) is 2.40. The zero-order chi connectivity index (χ0) is 12.3. The zero-order valence-corrected chi connectivity index (χ0v) is 10.8. The fraction of sp³-hybridized carbons (Fsp3) is 0.692. The second-order valence-corrected chi connectivity index (χ2v) is 4.99. The average molecular weight is 234 g/mol. The molecule has 1 aromatic rings. The van der Waals surface area contributed by atoms with Crippen LogP contribution in [0, 0.1) is 5.41 Å². The van der Waals surface area contributed by atoms with E-state index >= 15 is 0 Å². The van der Waals surface area contributed by atoms with Crippen molar-refractivity contribution < 1.29 is 0 Å². The van der Waals surface area contributed by atoms with E-state index in [2.05, 4.69) is 28.7 Å². The molecule has 0 radical (unpaired) electrons. The first kappa shape index (κ1) is 12.1. The molecule has 0 unspecified atom stereocenters. The van der Waals surface area contributed by atoms with E-state index in [1.165, 1.54) is 25.7 Å². The molecule has 17 heavy (non-hydrogen) atoms. The molecule has 94 valence electrons. The normalized spacial score (nSPS) is 19.3. The summed E-state index contributed by atoms with van der Waals surface area (Å²) in [7, 11) is 0. The lowest BCUT2D eigenvalue weighted by atomic mass is 9.74. The fourth-order valence-electron chi connectivity index (χ4n) is 2.66. The Morgan fingerprint density at radius 2 is 1.82 bits per heavy atom. The summed E-state index contributed by atoms with van der Waals surface area (Å²) < 4.78 is 0. The molecular weight excluding hydrogens is 212 g/mol. The molecular formula is C13H22N4. The number of nitrogens with zero attached hydrogens (tertiary/aromatic N) is 3. The van der Waals surface area contributed by atoms with Crippen LogP contribution in [0.4, 0.5) is 11.6 Å². The van der Waals surface area contributed by atoms with Crippen LogP contribution in [0.3, 0.4) is 0 Å². The Morgan fingerprint density at radius 1 is 1.18 bits per heavy atom. The molecule has 1 fully saturated rings. The van der Waals surface area contributed by atoms with Crippen molar-refractivity contribution in [2.24, 2.45) is 5.41 Å². The number of anilines is 2. The molecule has 0 saturated carbocycles. The number of hydrogen-bond donors (Lipinski definition) is 1. The smallest absolute Gasteiger partial charge is 0.147 e. The van der Waals surface area contributed by atoms with Crippen molar-refractivity contribution in [3.05, 3.63) is 12.4 Å². The van der Waals surface area contributed by atoms with Crippen molar-refractivity contribution in [3.8, 4) is 0 Å². The number of nitrogens with two attached hydrogens (primary N) is 1. The minimum atomic E-state index is 0.488. The highest BCUT2D eigenvalue weighted by molar-refractivity contribution is 5.39. The molecule has 0 amide bonds. The predicted octanol–water partition coefficient (Wildman–Crippen LogP) is 2.47. The first-order valence-corrected chi connectivity index (χ1v) is 6.51. The highest BCUT2D eigenvalue weighted by Crippen LogP contribution is 2.38. The Morgan fingerprint density at radius 3 is 2.29 bits per heavy atom. The Kier molecular flexibility index (Phi) is 3.50. The van der Waals surface area contributed by atoms with E-state index in [0.717, 1.165) is 18.9 Å². The number of aromatic nitrogens is 2. The first-order valence-electron chi connectivity index (χ1n) is 6.51. The summed E-state index contributed by atoms with van der Waals surface area (Å²) in [5.74, 6) is 1.45. The van der Waals surface area contributed by atoms with Gasteiger partial charge in [-0.25, -0.2) is 9.97 Å². The lowest BCUT2D eigenvalue weighted by molar-refractivity contribution is 0.199. The molecule has 0 aliphatic carbocycles. The van der Waals surface area contributed by atoms with Crippen molar-refractivity contribution in [2.45, 2.75) is 39.5 Å². The topological polar surface area (TPSA) is 55.0 Å². The Balaban J connectivity index is 2.01. The SMILES string of the molecule is CCC1(CC)CCN(c2cnc(N)cn2)CC1. The molecule has 0 bridgehead atoms. The van der Waals surface area contributed by atoms with Gasteiger partial charge in [-0.2, -0.15) is 0 Å². The Hall–Kier alpha value is -1.32. The third kappa shape index (κ3) is 2.51. The molecule has 0 spiro atoms. The number of piperidine rings is 1. The highest BCUT2D eigenvalue weighted by atomic mass is 15.2. The van der Waals surface area contributed by atoms with Gasteiger partial charge in [0.2, 0.25) is 0 Å². The lowest BCUT2D eigenvalue weighted by Gasteiger charge is -2.41. The molecule has 1 aliphatic heterocycles. The molecule has 1 aliphatic rings. The number of hydrogen-bond acceptors (Lipinski definition) is 4. The molecule has 2 heterocycles. The van der Waals surface area contributed by atoms with Crippen LogP contribution in [0.25, 0.3) is 0 Å². The molecule has 2 N–H and O–H groups in total. The standard InChI is InChI=1S/C13H22N4/c1-3-13(4-2)5-7-17(8-6-13)12-10-15-11(14)9-16-12/h9-10H,3-8H2,1-2H3,(H2,14,15). The van der Waals surface area contributed by atoms with Gasteiger partial charge in [-0.15, -0.1) is 0 Å². The summed E-state index contributed by atoms with van der Waals surface area (Å²) in [6.45, 7) is 6.78. The van der Waals surface area contributed by atoms with E-state index in [4.69, 9.17) is 5.73 Å². The maximum absolute atomic E-state index is 5.55. The molecule has 2 rings (SSSR count). The van der Waals surface area contributed by atoms with Gasteiger partial charge in [0, 0.05) is 13.1 Å². The summed E-state index contributed by atoms with van der Waals surface area (Å²) in [4.78, 5) is 10.8. The molecule has 4 heteroatoms. The Labute approximate surface area is 103 Å². The predicted molar refractivity (Wildman–Crippen MR) is 70.9 cm³/mol. The Bertz CT molecular complexity index is 346. The van der Waals surface area contributed by atoms with Crippen LogP contribution in [0.5, 0.6) is 0 Å². The first-order chi connectivity index (χ1) is 8.19. The summed E-state index contributed by atoms with van der Waals surface area (Å²) in [5.41, 5.74) is 6.10. The van der Waals surface area contributed by atoms with Gasteiger partial charge in [-0.3, -0.25) is 0 Å². The second-order valence-electron chi connectivity index (χ2n) is 4.99. The largest absolute Gasteiger partial charge is 0.382 e. The molecule has 0 aromatic carbocycles. The second kappa shape index (κ2) is 4.90. The van der Waals surface area contributed by atoms with Crippen molar-refractivity contribution in [2.75, 3.05) is 23.7 Å². The van der Waals surface area contributed by atoms with E-state index in [0.29, 0.717) is 11.2 Å². The van der Waals surface area contributed by atoms with Crippen LogP contribution < -0.4 is 10.6 Å². The van der Waals surface area contributed by atoms with Crippen LogP contribution in [-0.2, 0) is 0 Å². The number of rotatable bonds is 3. The van der Waals surface area contributed by atoms with E-state index in [9.17, 15) is 0 Å². The van der Waals surface area contributed by atoms with E-state index in [1.54, 1.807) is 12.4 Å². The molecule has 4 nitrogen and oxygen atoms in total. The van der Waals surface area contributed by atoms with E-state index in [1.807, 2.05) is 0 Å². The van der Waals surface area contributed by atoms with Crippen molar-refractivity contribution >= 4 is 11.6 Å². The van der Waals surface area contributed by atoms with Crippen LogP contribution in [-0.4, -0.2) is 23.1 Å². The summed E-state index contributed by atoms with van der Waals surface area (Å²) in [6.07, 6.45) is 8.49. The van der Waals surface area contributed by atoms with Gasteiger partial charge < -0.3 is 10.6 Å². The van der Waals surface area contributed by atoms with Gasteiger partial charge in [0.1, 0.15) is 11.6 Å². The van der Waals surface area contributed by atoms with Crippen molar-refractivity contribution in [1.29, 1.82) is 0 Å². The maximum Gasteiger partial charge on any atom is 0.147 e. The molecule has 1 aromatic heterocycles. The third-order valence-corrected chi connectivity index (χ3v) is 4.31. The van der Waals surface area contributed by atoms with Crippen molar-refractivity contribution in [3.63, 3.8) is 0 Å². The maximum atomic E-state index is 5.55. The molecule has 1 saturated heterocycles. The molecule has 0 atom stereocenters. The van der Waals surface area contributed by atoms with Crippen LogP contribution >= 0.6 is 0 Å². The van der Waals surface area contributed by atoms with Crippen LogP contribution in [0.15, 0.2) is 12.4 Å². The van der Waals surface area contributed by atoms with E-state index < -0.39 is 0 Å². The quantitative estimate of drug-likeness (QED) is 0.873. The van der Waals surface area contributed by atoms with Gasteiger partial charge in [0.15, 0.2) is 0 Å². The summed E-state index contributed by atoms with van der Waals surface area (Å²) >= 11 is 0. The minimum Gasteiger partial charge on any atom is -0.382 e. The zero-order valence-electron chi connectivity index (χ0n) is 10.8. The fourth-order valence-corrected chi connectivity index (χ4v) is 2.66. The third-order valence-electron chi connectivity index (χ3n) is 4.31. The van der Waals surface area contributed by atoms with Crippen molar-refractivity contribution in [1.82, 2.24) is 9.97 Å². The van der Waals surface area contributed by atoms with Crippen LogP contribution in [0.2, 0.25) is 0 Å². The van der Waals surface area contributed by atoms with Crippen LogP contribution in [0.1, 0.15) is 39.5 Å². The minimum absolute atomic E-state index is 0.488. The monoisotopic (exact) mass is 234 g/mol. The van der Waals surface area contributed by atoms with Gasteiger partial charge in [0.25, 0.3) is 0 Å². The highest BCUT2D eigenvalue weighted by Gasteiger charge is 2.31. The van der Waals surface area contributed by atoms with Gasteiger partial charge in [-0.1, -0.05) is 26.7 Å². The van der Waals surface area contributed by atoms with E-state index in [-0.39, 0.29) is 0 Å². The van der Waals surface area contributed by atoms with Gasteiger partial charge in [0.05, 0.1) is 12.4 Å². The summed E-state index contributed by atoms with van der Waals surface area (Å²) in [5, 5.41) is 0. The van der Waals surface area contributed by atoms with Gasteiger partial charge >= 0.3 is 0 Å². The van der Waals surface area contributed by atoms with Gasteiger partial charge in [-0.05, 0) is 18.3 Å². The summed E-state index contributed by atoms with van der Waals surface area (Å²) in [6, 6.07) is 0.